The van der Waals surface area contributed by atoms with Crippen LogP contribution < -0.4 is 4.90 Å². The van der Waals surface area contributed by atoms with Gasteiger partial charge in [0.1, 0.15) is 6.04 Å². The van der Waals surface area contributed by atoms with Crippen LogP contribution in [0.1, 0.15) is 33.0 Å². The number of benzene rings is 3. The molecule has 0 spiro atoms. The SMILES string of the molecule is Cc1cccc([C@H]2[C@H](C(=O)c3ccccc3)N3c4ccccc4C=C[C@@H]3C2(C#N)C#N)c1. The van der Waals surface area contributed by atoms with E-state index in [1.165, 1.54) is 0 Å². The summed E-state index contributed by atoms with van der Waals surface area (Å²) in [5.41, 5.74) is 2.88. The summed E-state index contributed by atoms with van der Waals surface area (Å²) < 4.78 is 0. The maximum Gasteiger partial charge on any atom is 0.185 e. The lowest BCUT2D eigenvalue weighted by molar-refractivity contribution is 0.0951. The standard InChI is InChI=1S/C28H21N3O/c1-19-8-7-12-22(16-19)25-26(27(32)21-10-3-2-4-11-21)31-23-13-6-5-9-20(23)14-15-24(31)28(25,17-29)18-30/h2-16,24-26H,1H3/t24-,25+,26-/m1/s1. The number of nitrogens with zero attached hydrogens (tertiary/aromatic N) is 3. The van der Waals surface area contributed by atoms with E-state index in [9.17, 15) is 15.3 Å². The van der Waals surface area contributed by atoms with Crippen LogP contribution in [0.3, 0.4) is 0 Å². The molecule has 0 amide bonds. The number of carbonyl (C=O) groups is 1. The van der Waals surface area contributed by atoms with Gasteiger partial charge in [-0.2, -0.15) is 10.5 Å². The molecule has 2 aliphatic rings. The molecule has 154 valence electrons. The first-order valence-electron chi connectivity index (χ1n) is 10.6. The number of anilines is 1. The van der Waals surface area contributed by atoms with E-state index in [0.29, 0.717) is 5.56 Å². The second kappa shape index (κ2) is 7.52. The third-order valence-electron chi connectivity index (χ3n) is 6.64. The summed E-state index contributed by atoms with van der Waals surface area (Å²) in [6.07, 6.45) is 3.87. The molecule has 3 aromatic rings. The maximum atomic E-state index is 14.0. The van der Waals surface area contributed by atoms with E-state index in [1.807, 2.05) is 90.7 Å². The van der Waals surface area contributed by atoms with Crippen LogP contribution in [0.4, 0.5) is 5.69 Å². The van der Waals surface area contributed by atoms with Crippen molar-refractivity contribution in [3.05, 3.63) is 107 Å². The minimum atomic E-state index is -1.41. The van der Waals surface area contributed by atoms with Crippen LogP contribution in [0.25, 0.3) is 6.08 Å². The smallest absolute Gasteiger partial charge is 0.185 e. The van der Waals surface area contributed by atoms with Crippen molar-refractivity contribution in [1.82, 2.24) is 0 Å². The van der Waals surface area contributed by atoms with Gasteiger partial charge in [-0.15, -0.1) is 0 Å². The fourth-order valence-corrected chi connectivity index (χ4v) is 5.24. The summed E-state index contributed by atoms with van der Waals surface area (Å²) in [6, 6.07) is 28.3. The Labute approximate surface area is 187 Å². The van der Waals surface area contributed by atoms with Gasteiger partial charge in [0.25, 0.3) is 0 Å². The maximum absolute atomic E-state index is 14.0. The molecule has 2 heterocycles. The van der Waals surface area contributed by atoms with E-state index in [-0.39, 0.29) is 5.78 Å². The molecule has 4 nitrogen and oxygen atoms in total. The van der Waals surface area contributed by atoms with Gasteiger partial charge < -0.3 is 4.90 Å². The molecule has 1 fully saturated rings. The van der Waals surface area contributed by atoms with Gasteiger partial charge in [-0.05, 0) is 24.1 Å². The molecule has 0 N–H and O–H groups in total. The molecule has 5 rings (SSSR count). The number of rotatable bonds is 3. The lowest BCUT2D eigenvalue weighted by atomic mass is 9.69. The van der Waals surface area contributed by atoms with Gasteiger partial charge in [-0.3, -0.25) is 4.79 Å². The van der Waals surface area contributed by atoms with Crippen molar-refractivity contribution in [2.24, 2.45) is 5.41 Å². The third-order valence-corrected chi connectivity index (χ3v) is 6.64. The Morgan fingerprint density at radius 1 is 0.938 bits per heavy atom. The zero-order valence-electron chi connectivity index (χ0n) is 17.6. The summed E-state index contributed by atoms with van der Waals surface area (Å²) in [6.45, 7) is 1.98. The average Bonchev–Trinajstić information content (AvgIpc) is 3.15. The van der Waals surface area contributed by atoms with Crippen LogP contribution in [0.5, 0.6) is 0 Å². The molecule has 3 atom stereocenters. The molecular weight excluding hydrogens is 394 g/mol. The number of hydrogen-bond acceptors (Lipinski definition) is 4. The number of carbonyl (C=O) groups excluding carboxylic acids is 1. The first-order chi connectivity index (χ1) is 15.6. The number of Topliss-reactive ketones (excluding diaryl/α,β-unsaturated/α-hetero) is 1. The Balaban J connectivity index is 1.80. The molecular formula is C28H21N3O. The Hall–Kier alpha value is -4.15. The van der Waals surface area contributed by atoms with E-state index >= 15 is 0 Å². The Morgan fingerprint density at radius 3 is 2.38 bits per heavy atom. The van der Waals surface area contributed by atoms with E-state index in [4.69, 9.17) is 0 Å². The molecule has 1 saturated heterocycles. The van der Waals surface area contributed by atoms with Crippen molar-refractivity contribution in [2.75, 3.05) is 4.90 Å². The third kappa shape index (κ3) is 2.77. The molecule has 2 aliphatic heterocycles. The zero-order chi connectivity index (χ0) is 22.3. The Kier molecular flexibility index (Phi) is 4.65. The first-order valence-corrected chi connectivity index (χ1v) is 10.6. The minimum Gasteiger partial charge on any atom is -0.351 e. The van der Waals surface area contributed by atoms with Crippen molar-refractivity contribution < 1.29 is 4.79 Å². The number of para-hydroxylation sites is 1. The minimum absolute atomic E-state index is 0.0837. The molecule has 0 radical (unpaired) electrons. The number of nitriles is 2. The predicted molar refractivity (Wildman–Crippen MR) is 124 cm³/mol. The van der Waals surface area contributed by atoms with Gasteiger partial charge in [0.2, 0.25) is 0 Å². The van der Waals surface area contributed by atoms with Crippen molar-refractivity contribution in [1.29, 1.82) is 10.5 Å². The highest BCUT2D eigenvalue weighted by molar-refractivity contribution is 6.04. The fourth-order valence-electron chi connectivity index (χ4n) is 5.24. The second-order valence-corrected chi connectivity index (χ2v) is 8.43. The number of aryl methyl sites for hydroxylation is 1. The normalized spacial score (nSPS) is 22.3. The highest BCUT2D eigenvalue weighted by atomic mass is 16.1. The number of hydrogen-bond donors (Lipinski definition) is 0. The van der Waals surface area contributed by atoms with Crippen molar-refractivity contribution in [2.45, 2.75) is 24.9 Å². The molecule has 0 aliphatic carbocycles. The van der Waals surface area contributed by atoms with Crippen LogP contribution in [0, 0.1) is 35.0 Å². The average molecular weight is 415 g/mol. The van der Waals surface area contributed by atoms with Gasteiger partial charge in [-0.1, -0.05) is 90.5 Å². The summed E-state index contributed by atoms with van der Waals surface area (Å²) in [7, 11) is 0. The molecule has 0 bridgehead atoms. The predicted octanol–water partition coefficient (Wildman–Crippen LogP) is 5.28. The summed E-state index contributed by atoms with van der Waals surface area (Å²) in [4.78, 5) is 16.0. The zero-order valence-corrected chi connectivity index (χ0v) is 17.6. The Morgan fingerprint density at radius 2 is 1.66 bits per heavy atom. The lowest BCUT2D eigenvalue weighted by Gasteiger charge is -2.35. The summed E-state index contributed by atoms with van der Waals surface area (Å²) in [5.74, 6) is -0.689. The van der Waals surface area contributed by atoms with Gasteiger partial charge in [0.15, 0.2) is 11.2 Å². The largest absolute Gasteiger partial charge is 0.351 e. The molecule has 0 saturated carbocycles. The van der Waals surface area contributed by atoms with Gasteiger partial charge in [0.05, 0.1) is 18.2 Å². The second-order valence-electron chi connectivity index (χ2n) is 8.43. The summed E-state index contributed by atoms with van der Waals surface area (Å²) in [5, 5.41) is 20.9. The monoisotopic (exact) mass is 415 g/mol. The summed E-state index contributed by atoms with van der Waals surface area (Å²) >= 11 is 0. The van der Waals surface area contributed by atoms with Gasteiger partial charge in [-0.25, -0.2) is 0 Å². The van der Waals surface area contributed by atoms with Crippen LogP contribution >= 0.6 is 0 Å². The van der Waals surface area contributed by atoms with Gasteiger partial charge >= 0.3 is 0 Å². The van der Waals surface area contributed by atoms with E-state index in [2.05, 4.69) is 12.1 Å². The van der Waals surface area contributed by atoms with Crippen LogP contribution in [-0.4, -0.2) is 17.9 Å². The van der Waals surface area contributed by atoms with E-state index < -0.39 is 23.4 Å². The topological polar surface area (TPSA) is 67.9 Å². The number of ketones is 1. The highest BCUT2D eigenvalue weighted by Gasteiger charge is 2.63. The van der Waals surface area contributed by atoms with Crippen molar-refractivity contribution >= 4 is 17.5 Å². The van der Waals surface area contributed by atoms with Crippen LogP contribution in [0.2, 0.25) is 0 Å². The van der Waals surface area contributed by atoms with Gasteiger partial charge in [0, 0.05) is 17.2 Å². The van der Waals surface area contributed by atoms with Crippen LogP contribution in [0.15, 0.2) is 84.9 Å². The molecule has 0 unspecified atom stereocenters. The molecule has 4 heteroatoms. The van der Waals surface area contributed by atoms with Crippen molar-refractivity contribution in [3.8, 4) is 12.1 Å². The number of fused-ring (bicyclic) bond motifs is 3. The van der Waals surface area contributed by atoms with Crippen LogP contribution in [-0.2, 0) is 0 Å². The lowest BCUT2D eigenvalue weighted by Crippen LogP contribution is -2.44. The highest BCUT2D eigenvalue weighted by Crippen LogP contribution is 2.55. The van der Waals surface area contributed by atoms with E-state index in [1.54, 1.807) is 12.1 Å². The fraction of sp³-hybridized carbons (Fsp3) is 0.179. The molecule has 32 heavy (non-hydrogen) atoms. The molecule has 3 aromatic carbocycles. The first kappa shape index (κ1) is 19.8. The quantitative estimate of drug-likeness (QED) is 0.546. The Bertz CT molecular complexity index is 1300. The van der Waals surface area contributed by atoms with Crippen molar-refractivity contribution in [3.63, 3.8) is 0 Å². The van der Waals surface area contributed by atoms with E-state index in [0.717, 1.165) is 22.4 Å². The molecule has 0 aromatic heterocycles.